The van der Waals surface area contributed by atoms with E-state index in [1.54, 1.807) is 0 Å². The monoisotopic (exact) mass is 225 g/mol. The van der Waals surface area contributed by atoms with Gasteiger partial charge in [0, 0.05) is 0 Å². The predicted octanol–water partition coefficient (Wildman–Crippen LogP) is 4.37. The van der Waals surface area contributed by atoms with Gasteiger partial charge in [-0.25, -0.2) is 0 Å². The topological polar surface area (TPSA) is 12.0 Å². The highest BCUT2D eigenvalue weighted by Gasteiger charge is 2.44. The lowest BCUT2D eigenvalue weighted by Crippen LogP contribution is -2.19. The number of nitrogens with one attached hydrogen (secondary N) is 1. The summed E-state index contributed by atoms with van der Waals surface area (Å²) in [6, 6.07) is 0. The minimum Gasteiger partial charge on any atom is -0.316 e. The van der Waals surface area contributed by atoms with Crippen molar-refractivity contribution in [3.63, 3.8) is 0 Å². The zero-order valence-corrected chi connectivity index (χ0v) is 11.6. The van der Waals surface area contributed by atoms with Gasteiger partial charge < -0.3 is 5.32 Å². The molecule has 0 aromatic rings. The van der Waals surface area contributed by atoms with Gasteiger partial charge in [-0.05, 0) is 37.3 Å². The van der Waals surface area contributed by atoms with Gasteiger partial charge in [-0.2, -0.15) is 0 Å². The van der Waals surface area contributed by atoms with Crippen LogP contribution < -0.4 is 5.32 Å². The normalized spacial score (nSPS) is 22.3. The molecule has 1 fully saturated rings. The molecule has 0 spiro atoms. The molecular formula is C15H31N. The third-order valence-corrected chi connectivity index (χ3v) is 4.07. The van der Waals surface area contributed by atoms with Crippen LogP contribution in [-0.4, -0.2) is 13.1 Å². The average molecular weight is 225 g/mol. The highest BCUT2D eigenvalue weighted by atomic mass is 14.9. The van der Waals surface area contributed by atoms with E-state index in [-0.39, 0.29) is 0 Å². The first-order chi connectivity index (χ1) is 7.67. The van der Waals surface area contributed by atoms with Crippen LogP contribution in [0.15, 0.2) is 0 Å². The summed E-state index contributed by atoms with van der Waals surface area (Å²) < 4.78 is 0. The van der Waals surface area contributed by atoms with E-state index in [9.17, 15) is 0 Å². The van der Waals surface area contributed by atoms with Crippen LogP contribution in [0, 0.1) is 11.3 Å². The SMILES string of the molecule is CCCCCCCCCNCC1CC1(C)C. The highest BCUT2D eigenvalue weighted by Crippen LogP contribution is 2.50. The Hall–Kier alpha value is -0.0400. The first-order valence-electron chi connectivity index (χ1n) is 7.37. The van der Waals surface area contributed by atoms with Crippen LogP contribution in [-0.2, 0) is 0 Å². The predicted molar refractivity (Wildman–Crippen MR) is 72.8 cm³/mol. The van der Waals surface area contributed by atoms with Crippen molar-refractivity contribution in [1.29, 1.82) is 0 Å². The third-order valence-electron chi connectivity index (χ3n) is 4.07. The molecule has 96 valence electrons. The Morgan fingerprint density at radius 2 is 1.56 bits per heavy atom. The first kappa shape index (κ1) is 14.0. The highest BCUT2D eigenvalue weighted by molar-refractivity contribution is 4.95. The van der Waals surface area contributed by atoms with E-state index in [2.05, 4.69) is 26.1 Å². The lowest BCUT2D eigenvalue weighted by molar-refractivity contribution is 0.504. The first-order valence-corrected chi connectivity index (χ1v) is 7.37. The minimum absolute atomic E-state index is 0.646. The van der Waals surface area contributed by atoms with Crippen LogP contribution in [0.2, 0.25) is 0 Å². The number of rotatable bonds is 10. The van der Waals surface area contributed by atoms with E-state index < -0.39 is 0 Å². The van der Waals surface area contributed by atoms with Gasteiger partial charge in [0.15, 0.2) is 0 Å². The Morgan fingerprint density at radius 3 is 2.12 bits per heavy atom. The summed E-state index contributed by atoms with van der Waals surface area (Å²) in [5.41, 5.74) is 0.646. The maximum Gasteiger partial charge on any atom is -0.00152 e. The Morgan fingerprint density at radius 1 is 1.00 bits per heavy atom. The van der Waals surface area contributed by atoms with Crippen molar-refractivity contribution in [3.8, 4) is 0 Å². The van der Waals surface area contributed by atoms with Crippen LogP contribution in [0.4, 0.5) is 0 Å². The third kappa shape index (κ3) is 5.89. The molecule has 0 amide bonds. The van der Waals surface area contributed by atoms with Gasteiger partial charge in [-0.15, -0.1) is 0 Å². The summed E-state index contributed by atoms with van der Waals surface area (Å²) in [6.07, 6.45) is 11.3. The standard InChI is InChI=1S/C15H31N/c1-4-5-6-7-8-9-10-11-16-13-14-12-15(14,2)3/h14,16H,4-13H2,1-3H3. The Labute approximate surface area is 102 Å². The summed E-state index contributed by atoms with van der Waals surface area (Å²) in [5, 5.41) is 3.61. The maximum atomic E-state index is 3.61. The molecule has 0 aliphatic heterocycles. The molecule has 1 heteroatoms. The van der Waals surface area contributed by atoms with E-state index in [1.165, 1.54) is 64.5 Å². The molecular weight excluding hydrogens is 194 g/mol. The molecule has 1 aliphatic carbocycles. The molecule has 16 heavy (non-hydrogen) atoms. The summed E-state index contributed by atoms with van der Waals surface area (Å²) in [6.45, 7) is 9.53. The van der Waals surface area contributed by atoms with Crippen LogP contribution in [0.25, 0.3) is 0 Å². The number of hydrogen-bond acceptors (Lipinski definition) is 1. The lowest BCUT2D eigenvalue weighted by Gasteiger charge is -2.06. The van der Waals surface area contributed by atoms with Crippen molar-refractivity contribution >= 4 is 0 Å². The summed E-state index contributed by atoms with van der Waals surface area (Å²) in [4.78, 5) is 0. The molecule has 1 rings (SSSR count). The molecule has 1 N–H and O–H groups in total. The second-order valence-electron chi connectivity index (χ2n) is 6.22. The van der Waals surface area contributed by atoms with Crippen molar-refractivity contribution in [3.05, 3.63) is 0 Å². The quantitative estimate of drug-likeness (QED) is 0.544. The van der Waals surface area contributed by atoms with Crippen LogP contribution in [0.5, 0.6) is 0 Å². The minimum atomic E-state index is 0.646. The maximum absolute atomic E-state index is 3.61. The van der Waals surface area contributed by atoms with Crippen LogP contribution in [0.1, 0.15) is 72.1 Å². The molecule has 0 heterocycles. The van der Waals surface area contributed by atoms with Gasteiger partial charge in [0.25, 0.3) is 0 Å². The van der Waals surface area contributed by atoms with Gasteiger partial charge in [0.1, 0.15) is 0 Å². The van der Waals surface area contributed by atoms with Crippen LogP contribution in [0.3, 0.4) is 0 Å². The van der Waals surface area contributed by atoms with E-state index in [4.69, 9.17) is 0 Å². The average Bonchev–Trinajstić information content (AvgIpc) is 2.84. The lowest BCUT2D eigenvalue weighted by atomic mass is 10.1. The van der Waals surface area contributed by atoms with Crippen LogP contribution >= 0.6 is 0 Å². The molecule has 0 saturated heterocycles. The van der Waals surface area contributed by atoms with E-state index in [0.29, 0.717) is 5.41 Å². The van der Waals surface area contributed by atoms with Crippen molar-refractivity contribution in [1.82, 2.24) is 5.32 Å². The van der Waals surface area contributed by atoms with E-state index in [1.807, 2.05) is 0 Å². The largest absolute Gasteiger partial charge is 0.316 e. The van der Waals surface area contributed by atoms with Gasteiger partial charge in [-0.1, -0.05) is 59.3 Å². The number of hydrogen-bond donors (Lipinski definition) is 1. The summed E-state index contributed by atoms with van der Waals surface area (Å²) in [5.74, 6) is 0.956. The summed E-state index contributed by atoms with van der Waals surface area (Å²) >= 11 is 0. The fourth-order valence-corrected chi connectivity index (χ4v) is 2.41. The molecule has 0 aromatic heterocycles. The molecule has 1 nitrogen and oxygen atoms in total. The van der Waals surface area contributed by atoms with Crippen molar-refractivity contribution < 1.29 is 0 Å². The van der Waals surface area contributed by atoms with Gasteiger partial charge in [-0.3, -0.25) is 0 Å². The fourth-order valence-electron chi connectivity index (χ4n) is 2.41. The van der Waals surface area contributed by atoms with Gasteiger partial charge in [0.2, 0.25) is 0 Å². The van der Waals surface area contributed by atoms with Crippen molar-refractivity contribution in [2.24, 2.45) is 11.3 Å². The fraction of sp³-hybridized carbons (Fsp3) is 1.00. The molecule has 1 atom stereocenters. The summed E-state index contributed by atoms with van der Waals surface area (Å²) in [7, 11) is 0. The second-order valence-corrected chi connectivity index (χ2v) is 6.22. The molecule has 1 saturated carbocycles. The molecule has 1 unspecified atom stereocenters. The van der Waals surface area contributed by atoms with E-state index >= 15 is 0 Å². The Kier molecular flexibility index (Phi) is 6.41. The van der Waals surface area contributed by atoms with Crippen molar-refractivity contribution in [2.45, 2.75) is 72.1 Å². The smallest absolute Gasteiger partial charge is 0.00152 e. The second kappa shape index (κ2) is 7.32. The molecule has 0 bridgehead atoms. The Balaban J connectivity index is 1.72. The van der Waals surface area contributed by atoms with Gasteiger partial charge in [0.05, 0.1) is 0 Å². The van der Waals surface area contributed by atoms with Crippen molar-refractivity contribution in [2.75, 3.05) is 13.1 Å². The number of unbranched alkanes of at least 4 members (excludes halogenated alkanes) is 6. The molecule has 1 aliphatic rings. The van der Waals surface area contributed by atoms with E-state index in [0.717, 1.165) is 5.92 Å². The molecule has 0 aromatic carbocycles. The molecule has 0 radical (unpaired) electrons. The van der Waals surface area contributed by atoms with Gasteiger partial charge >= 0.3 is 0 Å². The zero-order chi connectivity index (χ0) is 11.9. The zero-order valence-electron chi connectivity index (χ0n) is 11.6. The Bertz CT molecular complexity index is 174.